The van der Waals surface area contributed by atoms with Crippen molar-refractivity contribution in [2.45, 2.75) is 20.0 Å². The Morgan fingerprint density at radius 1 is 1.15 bits per heavy atom. The third-order valence-electron chi connectivity index (χ3n) is 3.78. The molecule has 1 atom stereocenters. The molecule has 0 spiro atoms. The highest BCUT2D eigenvalue weighted by Gasteiger charge is 2.18. The second-order valence-electron chi connectivity index (χ2n) is 5.75. The number of para-hydroxylation sites is 2. The number of nitrogens with zero attached hydrogens (tertiary/aromatic N) is 1. The van der Waals surface area contributed by atoms with Gasteiger partial charge in [0.2, 0.25) is 11.7 Å². The summed E-state index contributed by atoms with van der Waals surface area (Å²) in [6, 6.07) is 14.0. The number of fused-ring (bicyclic) bond motifs is 1. The molecule has 0 radical (unpaired) electrons. The molecule has 3 aromatic rings. The summed E-state index contributed by atoms with van der Waals surface area (Å²) in [4.78, 5) is 28.6. The summed E-state index contributed by atoms with van der Waals surface area (Å²) < 4.78 is 16.0. The zero-order valence-electron chi connectivity index (χ0n) is 15.0. The van der Waals surface area contributed by atoms with Gasteiger partial charge in [-0.05, 0) is 50.2 Å². The number of esters is 1. The van der Waals surface area contributed by atoms with E-state index in [-0.39, 0.29) is 5.78 Å². The predicted molar refractivity (Wildman–Crippen MR) is 101 cm³/mol. The van der Waals surface area contributed by atoms with Crippen LogP contribution in [0.1, 0.15) is 30.1 Å². The fourth-order valence-electron chi connectivity index (χ4n) is 2.48. The highest BCUT2D eigenvalue weighted by molar-refractivity contribution is 6.01. The lowest BCUT2D eigenvalue weighted by molar-refractivity contribution is -0.140. The smallest absolute Gasteiger partial charge is 0.331 e. The molecular formula is C21H19NO5. The van der Waals surface area contributed by atoms with Crippen LogP contribution in [0.3, 0.4) is 0 Å². The van der Waals surface area contributed by atoms with E-state index in [0.29, 0.717) is 34.9 Å². The van der Waals surface area contributed by atoms with Crippen molar-refractivity contribution in [1.82, 2.24) is 4.98 Å². The average molecular weight is 365 g/mol. The van der Waals surface area contributed by atoms with Crippen molar-refractivity contribution in [2.75, 3.05) is 6.61 Å². The van der Waals surface area contributed by atoms with Gasteiger partial charge in [0, 0.05) is 17.7 Å². The molecule has 0 aliphatic heterocycles. The van der Waals surface area contributed by atoms with E-state index in [1.54, 1.807) is 30.3 Å². The predicted octanol–water partition coefficient (Wildman–Crippen LogP) is 4.05. The first-order valence-corrected chi connectivity index (χ1v) is 8.58. The Balaban J connectivity index is 1.59. The molecule has 6 heteroatoms. The number of ketones is 1. The topological polar surface area (TPSA) is 78.6 Å². The summed E-state index contributed by atoms with van der Waals surface area (Å²) in [6.45, 7) is 3.96. The zero-order chi connectivity index (χ0) is 19.2. The molecular weight excluding hydrogens is 346 g/mol. The van der Waals surface area contributed by atoms with Gasteiger partial charge in [-0.1, -0.05) is 12.1 Å². The van der Waals surface area contributed by atoms with E-state index < -0.39 is 12.1 Å². The first-order chi connectivity index (χ1) is 13.1. The van der Waals surface area contributed by atoms with Crippen LogP contribution in [0.25, 0.3) is 17.2 Å². The molecule has 0 N–H and O–H groups in total. The molecule has 3 rings (SSSR count). The molecule has 0 aliphatic rings. The van der Waals surface area contributed by atoms with Gasteiger partial charge in [0.1, 0.15) is 11.3 Å². The Kier molecular flexibility index (Phi) is 5.66. The molecule has 27 heavy (non-hydrogen) atoms. The molecule has 1 heterocycles. The number of hydrogen-bond acceptors (Lipinski definition) is 6. The van der Waals surface area contributed by atoms with Crippen molar-refractivity contribution < 1.29 is 23.5 Å². The van der Waals surface area contributed by atoms with Gasteiger partial charge in [-0.25, -0.2) is 9.78 Å². The van der Waals surface area contributed by atoms with Crippen molar-refractivity contribution in [3.63, 3.8) is 0 Å². The molecule has 2 aromatic carbocycles. The molecule has 0 fully saturated rings. The maximum atomic E-state index is 12.4. The zero-order valence-corrected chi connectivity index (χ0v) is 15.0. The van der Waals surface area contributed by atoms with Crippen LogP contribution in [0.4, 0.5) is 0 Å². The van der Waals surface area contributed by atoms with Crippen molar-refractivity contribution in [3.05, 3.63) is 66.1 Å². The van der Waals surface area contributed by atoms with E-state index >= 15 is 0 Å². The summed E-state index contributed by atoms with van der Waals surface area (Å²) in [5.41, 5.74) is 1.77. The minimum atomic E-state index is -0.913. The molecule has 138 valence electrons. The second-order valence-corrected chi connectivity index (χ2v) is 5.75. The highest BCUT2D eigenvalue weighted by Crippen LogP contribution is 2.16. The quantitative estimate of drug-likeness (QED) is 0.357. The first-order valence-electron chi connectivity index (χ1n) is 8.58. The monoisotopic (exact) mass is 365 g/mol. The fraction of sp³-hybridized carbons (Fsp3) is 0.190. The standard InChI is InChI=1S/C21H19NO5/c1-3-25-16-10-8-15(9-11-16)21(24)14(2)26-20(23)13-12-19-22-17-6-4-5-7-18(17)27-19/h4-14H,3H2,1-2H3/b13-12+/t14-/m1/s1. The number of Topliss-reactive ketones (excluding diaryl/α,β-unsaturated/α-hetero) is 1. The number of ether oxygens (including phenoxy) is 2. The van der Waals surface area contributed by atoms with Crippen LogP contribution in [-0.4, -0.2) is 29.4 Å². The molecule has 6 nitrogen and oxygen atoms in total. The summed E-state index contributed by atoms with van der Waals surface area (Å²) in [5.74, 6) is 0.0318. The SMILES string of the molecule is CCOc1ccc(C(=O)[C@@H](C)OC(=O)/C=C/c2nc3ccccc3o2)cc1. The normalized spacial score (nSPS) is 12.2. The van der Waals surface area contributed by atoms with Crippen LogP contribution in [0.15, 0.2) is 59.0 Å². The largest absolute Gasteiger partial charge is 0.494 e. The third-order valence-corrected chi connectivity index (χ3v) is 3.78. The molecule has 0 saturated heterocycles. The van der Waals surface area contributed by atoms with Crippen LogP contribution >= 0.6 is 0 Å². The second kappa shape index (κ2) is 8.31. The molecule has 0 unspecified atom stereocenters. The van der Waals surface area contributed by atoms with E-state index in [4.69, 9.17) is 13.9 Å². The third kappa shape index (κ3) is 4.61. The van der Waals surface area contributed by atoms with Gasteiger partial charge in [0.05, 0.1) is 6.61 Å². The van der Waals surface area contributed by atoms with E-state index in [1.165, 1.54) is 19.1 Å². The van der Waals surface area contributed by atoms with E-state index in [0.717, 1.165) is 0 Å². The van der Waals surface area contributed by atoms with Gasteiger partial charge in [-0.2, -0.15) is 0 Å². The lowest BCUT2D eigenvalue weighted by atomic mass is 10.1. The molecule has 0 saturated carbocycles. The summed E-state index contributed by atoms with van der Waals surface area (Å²) in [5, 5.41) is 0. The van der Waals surface area contributed by atoms with Gasteiger partial charge in [0.25, 0.3) is 0 Å². The van der Waals surface area contributed by atoms with Gasteiger partial charge >= 0.3 is 5.97 Å². The van der Waals surface area contributed by atoms with Crippen LogP contribution in [0.5, 0.6) is 5.75 Å². The highest BCUT2D eigenvalue weighted by atomic mass is 16.5. The Labute approximate surface area is 156 Å². The number of carbonyl (C=O) groups excluding carboxylic acids is 2. The van der Waals surface area contributed by atoms with Crippen LogP contribution in [-0.2, 0) is 9.53 Å². The van der Waals surface area contributed by atoms with Crippen LogP contribution in [0.2, 0.25) is 0 Å². The lowest BCUT2D eigenvalue weighted by Crippen LogP contribution is -2.23. The van der Waals surface area contributed by atoms with Crippen LogP contribution < -0.4 is 4.74 Å². The van der Waals surface area contributed by atoms with E-state index in [1.807, 2.05) is 25.1 Å². The number of hydrogen-bond donors (Lipinski definition) is 0. The number of aromatic nitrogens is 1. The van der Waals surface area contributed by atoms with Gasteiger partial charge in [0.15, 0.2) is 11.7 Å². The maximum Gasteiger partial charge on any atom is 0.331 e. The average Bonchev–Trinajstić information content (AvgIpc) is 3.09. The van der Waals surface area contributed by atoms with Crippen molar-refractivity contribution in [1.29, 1.82) is 0 Å². The molecule has 0 aliphatic carbocycles. The van der Waals surface area contributed by atoms with E-state index in [2.05, 4.69) is 4.98 Å². The van der Waals surface area contributed by atoms with Crippen molar-refractivity contribution >= 4 is 28.9 Å². The Morgan fingerprint density at radius 3 is 2.59 bits per heavy atom. The Morgan fingerprint density at radius 2 is 1.89 bits per heavy atom. The summed E-state index contributed by atoms with van der Waals surface area (Å²) >= 11 is 0. The summed E-state index contributed by atoms with van der Waals surface area (Å²) in [6.07, 6.45) is 1.69. The fourth-order valence-corrected chi connectivity index (χ4v) is 2.48. The minimum Gasteiger partial charge on any atom is -0.494 e. The van der Waals surface area contributed by atoms with Crippen molar-refractivity contribution in [2.24, 2.45) is 0 Å². The maximum absolute atomic E-state index is 12.4. The number of oxazole rings is 1. The number of benzene rings is 2. The van der Waals surface area contributed by atoms with E-state index in [9.17, 15) is 9.59 Å². The molecule has 0 amide bonds. The summed E-state index contributed by atoms with van der Waals surface area (Å²) in [7, 11) is 0. The van der Waals surface area contributed by atoms with Gasteiger partial charge in [-0.3, -0.25) is 4.79 Å². The number of rotatable bonds is 7. The van der Waals surface area contributed by atoms with Gasteiger partial charge < -0.3 is 13.9 Å². The Hall–Kier alpha value is -3.41. The Bertz CT molecular complexity index is 939. The molecule has 1 aromatic heterocycles. The van der Waals surface area contributed by atoms with Crippen LogP contribution in [0, 0.1) is 0 Å². The lowest BCUT2D eigenvalue weighted by Gasteiger charge is -2.11. The minimum absolute atomic E-state index is 0.290. The molecule has 0 bridgehead atoms. The van der Waals surface area contributed by atoms with Gasteiger partial charge in [-0.15, -0.1) is 0 Å². The van der Waals surface area contributed by atoms with Crippen molar-refractivity contribution in [3.8, 4) is 5.75 Å². The number of carbonyl (C=O) groups is 2. The first kappa shape index (κ1) is 18.4.